The predicted octanol–water partition coefficient (Wildman–Crippen LogP) is 1.23. The Labute approximate surface area is 112 Å². The van der Waals surface area contributed by atoms with E-state index < -0.39 is 0 Å². The zero-order valence-electron chi connectivity index (χ0n) is 10.6. The molecule has 2 rings (SSSR count). The topological polar surface area (TPSA) is 58.4 Å². The van der Waals surface area contributed by atoms with Gasteiger partial charge in [0.05, 0.1) is 0 Å². The summed E-state index contributed by atoms with van der Waals surface area (Å²) < 4.78 is 0. The summed E-state index contributed by atoms with van der Waals surface area (Å²) in [5.41, 5.74) is 3.92. The minimum atomic E-state index is -0.218. The summed E-state index contributed by atoms with van der Waals surface area (Å²) in [5, 5.41) is 0. The highest BCUT2D eigenvalue weighted by Crippen LogP contribution is 2.20. The molecular weight excluding hydrogens is 246 g/mol. The quantitative estimate of drug-likeness (QED) is 0.490. The molecule has 4 nitrogen and oxygen atoms in total. The van der Waals surface area contributed by atoms with E-state index in [0.29, 0.717) is 11.6 Å². The molecule has 1 heterocycles. The van der Waals surface area contributed by atoms with Crippen molar-refractivity contribution in [1.29, 1.82) is 0 Å². The molecule has 1 fully saturated rings. The van der Waals surface area contributed by atoms with Crippen molar-refractivity contribution in [2.45, 2.75) is 19.5 Å². The molecule has 18 heavy (non-hydrogen) atoms. The Morgan fingerprint density at radius 3 is 3.06 bits per heavy atom. The van der Waals surface area contributed by atoms with E-state index in [9.17, 15) is 4.79 Å². The van der Waals surface area contributed by atoms with Crippen LogP contribution in [0.2, 0.25) is 0 Å². The van der Waals surface area contributed by atoms with E-state index in [-0.39, 0.29) is 5.91 Å². The number of hydrazine groups is 1. The molecule has 0 aliphatic carbocycles. The molecule has 5 heteroatoms. The summed E-state index contributed by atoms with van der Waals surface area (Å²) in [7, 11) is 0. The summed E-state index contributed by atoms with van der Waals surface area (Å²) >= 11 is 1.99. The number of rotatable bonds is 3. The zero-order valence-corrected chi connectivity index (χ0v) is 11.4. The van der Waals surface area contributed by atoms with Gasteiger partial charge in [0.1, 0.15) is 0 Å². The van der Waals surface area contributed by atoms with Crippen LogP contribution in [-0.4, -0.2) is 34.9 Å². The van der Waals surface area contributed by atoms with E-state index >= 15 is 0 Å². The van der Waals surface area contributed by atoms with Crippen LogP contribution in [-0.2, 0) is 6.54 Å². The van der Waals surface area contributed by atoms with Crippen molar-refractivity contribution >= 4 is 17.7 Å². The molecule has 1 aliphatic rings. The summed E-state index contributed by atoms with van der Waals surface area (Å²) in [4.78, 5) is 14.1. The first-order chi connectivity index (χ1) is 8.72. The van der Waals surface area contributed by atoms with Crippen LogP contribution in [0.1, 0.15) is 22.8 Å². The maximum atomic E-state index is 11.7. The van der Waals surface area contributed by atoms with Crippen molar-refractivity contribution in [2.75, 3.05) is 18.1 Å². The largest absolute Gasteiger partial charge is 0.295 e. The van der Waals surface area contributed by atoms with Crippen LogP contribution in [0.3, 0.4) is 0 Å². The first-order valence-corrected chi connectivity index (χ1v) is 7.28. The molecule has 0 bridgehead atoms. The Kier molecular flexibility index (Phi) is 4.63. The standard InChI is InChI=1S/C13H19N3OS/c1-10-9-18-7-6-16(10)8-11-4-2-3-5-12(11)13(17)15-14/h2-5,10H,6-9,14H2,1H3,(H,15,17). The first-order valence-electron chi connectivity index (χ1n) is 6.13. The van der Waals surface area contributed by atoms with E-state index in [2.05, 4.69) is 17.2 Å². The van der Waals surface area contributed by atoms with Gasteiger partial charge >= 0.3 is 0 Å². The molecule has 1 atom stereocenters. The molecule has 0 radical (unpaired) electrons. The van der Waals surface area contributed by atoms with Crippen LogP contribution in [0.15, 0.2) is 24.3 Å². The van der Waals surface area contributed by atoms with Crippen molar-refractivity contribution in [1.82, 2.24) is 10.3 Å². The number of hydrogen-bond acceptors (Lipinski definition) is 4. The second kappa shape index (κ2) is 6.22. The lowest BCUT2D eigenvalue weighted by Crippen LogP contribution is -2.40. The van der Waals surface area contributed by atoms with Crippen LogP contribution in [0.5, 0.6) is 0 Å². The van der Waals surface area contributed by atoms with E-state index in [1.165, 1.54) is 0 Å². The van der Waals surface area contributed by atoms with Crippen LogP contribution in [0, 0.1) is 0 Å². The second-order valence-corrected chi connectivity index (χ2v) is 5.67. The number of nitrogens with one attached hydrogen (secondary N) is 1. The van der Waals surface area contributed by atoms with Gasteiger partial charge in [-0.2, -0.15) is 11.8 Å². The molecule has 1 amide bonds. The van der Waals surface area contributed by atoms with Gasteiger partial charge in [-0.05, 0) is 18.6 Å². The van der Waals surface area contributed by atoms with Crippen molar-refractivity contribution < 1.29 is 4.79 Å². The summed E-state index contributed by atoms with van der Waals surface area (Å²) in [5.74, 6) is 7.32. The number of nitrogens with two attached hydrogens (primary N) is 1. The highest BCUT2D eigenvalue weighted by molar-refractivity contribution is 7.99. The molecule has 1 aliphatic heterocycles. The SMILES string of the molecule is CC1CSCCN1Cc1ccccc1C(=O)NN. The van der Waals surface area contributed by atoms with E-state index in [1.54, 1.807) is 0 Å². The third kappa shape index (κ3) is 3.04. The van der Waals surface area contributed by atoms with Crippen LogP contribution >= 0.6 is 11.8 Å². The lowest BCUT2D eigenvalue weighted by atomic mass is 10.1. The smallest absolute Gasteiger partial charge is 0.265 e. The van der Waals surface area contributed by atoms with Gasteiger partial charge in [0.15, 0.2) is 0 Å². The minimum Gasteiger partial charge on any atom is -0.295 e. The highest BCUT2D eigenvalue weighted by atomic mass is 32.2. The van der Waals surface area contributed by atoms with Crippen molar-refractivity contribution in [3.8, 4) is 0 Å². The van der Waals surface area contributed by atoms with Crippen LogP contribution in [0.25, 0.3) is 0 Å². The average Bonchev–Trinajstić information content (AvgIpc) is 2.41. The van der Waals surface area contributed by atoms with Crippen LogP contribution < -0.4 is 11.3 Å². The van der Waals surface area contributed by atoms with Gasteiger partial charge in [0, 0.05) is 36.2 Å². The van der Waals surface area contributed by atoms with Crippen molar-refractivity contribution in [3.63, 3.8) is 0 Å². The van der Waals surface area contributed by atoms with Gasteiger partial charge in [-0.15, -0.1) is 0 Å². The van der Waals surface area contributed by atoms with Gasteiger partial charge in [0.25, 0.3) is 5.91 Å². The maximum Gasteiger partial charge on any atom is 0.265 e. The molecule has 0 spiro atoms. The molecule has 0 aromatic heterocycles. The molecule has 98 valence electrons. The third-order valence-corrected chi connectivity index (χ3v) is 4.46. The summed E-state index contributed by atoms with van der Waals surface area (Å²) in [6, 6.07) is 8.20. The highest BCUT2D eigenvalue weighted by Gasteiger charge is 2.20. The van der Waals surface area contributed by atoms with Crippen LogP contribution in [0.4, 0.5) is 0 Å². The molecule has 1 aromatic rings. The van der Waals surface area contributed by atoms with Gasteiger partial charge in [0.2, 0.25) is 0 Å². The van der Waals surface area contributed by atoms with Gasteiger partial charge in [-0.25, -0.2) is 5.84 Å². The second-order valence-electron chi connectivity index (χ2n) is 4.53. The average molecular weight is 265 g/mol. The molecule has 1 unspecified atom stereocenters. The monoisotopic (exact) mass is 265 g/mol. The Balaban J connectivity index is 2.15. The number of nitrogen functional groups attached to an aromatic ring is 1. The summed E-state index contributed by atoms with van der Waals surface area (Å²) in [6.45, 7) is 4.12. The van der Waals surface area contributed by atoms with E-state index in [0.717, 1.165) is 30.2 Å². The fourth-order valence-electron chi connectivity index (χ4n) is 2.17. The van der Waals surface area contributed by atoms with E-state index in [1.807, 2.05) is 36.0 Å². The minimum absolute atomic E-state index is 0.218. The molecular formula is C13H19N3OS. The number of hydrogen-bond donors (Lipinski definition) is 2. The zero-order chi connectivity index (χ0) is 13.0. The van der Waals surface area contributed by atoms with Crippen molar-refractivity contribution in [3.05, 3.63) is 35.4 Å². The lowest BCUT2D eigenvalue weighted by molar-refractivity contribution is 0.0951. The maximum absolute atomic E-state index is 11.7. The number of carbonyl (C=O) groups is 1. The number of benzene rings is 1. The normalized spacial score (nSPS) is 20.7. The first kappa shape index (κ1) is 13.4. The number of nitrogens with zero attached hydrogens (tertiary/aromatic N) is 1. The van der Waals surface area contributed by atoms with Gasteiger partial charge < -0.3 is 0 Å². The molecule has 3 N–H and O–H groups in total. The number of amides is 1. The third-order valence-electron chi connectivity index (χ3n) is 3.27. The number of carbonyl (C=O) groups excluding carboxylic acids is 1. The predicted molar refractivity (Wildman–Crippen MR) is 75.3 cm³/mol. The van der Waals surface area contributed by atoms with Crippen molar-refractivity contribution in [2.24, 2.45) is 5.84 Å². The Bertz CT molecular complexity index is 424. The fraction of sp³-hybridized carbons (Fsp3) is 0.462. The van der Waals surface area contributed by atoms with E-state index in [4.69, 9.17) is 5.84 Å². The van der Waals surface area contributed by atoms with Gasteiger partial charge in [-0.3, -0.25) is 15.1 Å². The Morgan fingerprint density at radius 1 is 1.56 bits per heavy atom. The molecule has 0 saturated carbocycles. The Hall–Kier alpha value is -1.04. The lowest BCUT2D eigenvalue weighted by Gasteiger charge is -2.33. The Morgan fingerprint density at radius 2 is 2.33 bits per heavy atom. The fourth-order valence-corrected chi connectivity index (χ4v) is 3.25. The molecule has 1 saturated heterocycles. The van der Waals surface area contributed by atoms with Gasteiger partial charge in [-0.1, -0.05) is 18.2 Å². The number of thioether (sulfide) groups is 1. The molecule has 1 aromatic carbocycles. The summed E-state index contributed by atoms with van der Waals surface area (Å²) in [6.07, 6.45) is 0.